The minimum Gasteiger partial charge on any atom is -0.550 e. The lowest BCUT2D eigenvalue weighted by Crippen LogP contribution is -2.25. The SMILES string of the molecule is COc1ccc2[nH]c(C(=O)c3cc(C)ccn3)c(CC(=O)[O-])c2c1. The summed E-state index contributed by atoms with van der Waals surface area (Å²) in [6.45, 7) is 1.86. The van der Waals surface area contributed by atoms with Gasteiger partial charge in [-0.1, -0.05) is 0 Å². The molecule has 0 aliphatic heterocycles. The van der Waals surface area contributed by atoms with Crippen molar-refractivity contribution in [3.8, 4) is 5.75 Å². The number of H-pyrrole nitrogens is 1. The summed E-state index contributed by atoms with van der Waals surface area (Å²) in [4.78, 5) is 31.0. The number of carboxylic acid groups (broad SMARTS) is 1. The zero-order valence-corrected chi connectivity index (χ0v) is 13.3. The first-order chi connectivity index (χ1) is 11.5. The Kier molecular flexibility index (Phi) is 4.04. The fourth-order valence-electron chi connectivity index (χ4n) is 2.66. The quantitative estimate of drug-likeness (QED) is 0.716. The smallest absolute Gasteiger partial charge is 0.227 e. The minimum absolute atomic E-state index is 0.209. The molecule has 0 radical (unpaired) electrons. The van der Waals surface area contributed by atoms with E-state index in [1.54, 1.807) is 36.5 Å². The van der Waals surface area contributed by atoms with Gasteiger partial charge in [0.15, 0.2) is 0 Å². The molecule has 0 amide bonds. The van der Waals surface area contributed by atoms with E-state index < -0.39 is 5.97 Å². The average Bonchev–Trinajstić information content (AvgIpc) is 2.91. The fourth-order valence-corrected chi connectivity index (χ4v) is 2.66. The number of benzene rings is 1. The number of ether oxygens (including phenoxy) is 1. The van der Waals surface area contributed by atoms with Crippen molar-refractivity contribution < 1.29 is 19.4 Å². The van der Waals surface area contributed by atoms with Gasteiger partial charge in [0.1, 0.15) is 11.4 Å². The number of aromatic nitrogens is 2. The molecule has 0 bridgehead atoms. The molecule has 3 rings (SSSR count). The maximum Gasteiger partial charge on any atom is 0.227 e. The summed E-state index contributed by atoms with van der Waals surface area (Å²) in [5, 5.41) is 11.8. The van der Waals surface area contributed by atoms with E-state index >= 15 is 0 Å². The van der Waals surface area contributed by atoms with Crippen molar-refractivity contribution in [2.45, 2.75) is 13.3 Å². The van der Waals surface area contributed by atoms with E-state index in [9.17, 15) is 14.7 Å². The summed E-state index contributed by atoms with van der Waals surface area (Å²) in [5.74, 6) is -1.04. The molecule has 0 atom stereocenters. The topological polar surface area (TPSA) is 95.1 Å². The van der Waals surface area contributed by atoms with Crippen LogP contribution in [-0.4, -0.2) is 28.8 Å². The van der Waals surface area contributed by atoms with E-state index in [0.717, 1.165) is 5.56 Å². The van der Waals surface area contributed by atoms with Crippen molar-refractivity contribution in [3.63, 3.8) is 0 Å². The largest absolute Gasteiger partial charge is 0.550 e. The monoisotopic (exact) mass is 323 g/mol. The van der Waals surface area contributed by atoms with Gasteiger partial charge in [-0.2, -0.15) is 0 Å². The second kappa shape index (κ2) is 6.16. The molecule has 6 heteroatoms. The Morgan fingerprint density at radius 2 is 2.04 bits per heavy atom. The van der Waals surface area contributed by atoms with Crippen LogP contribution in [0.3, 0.4) is 0 Å². The number of fused-ring (bicyclic) bond motifs is 1. The molecule has 0 fully saturated rings. The zero-order valence-electron chi connectivity index (χ0n) is 13.3. The number of hydrogen-bond acceptors (Lipinski definition) is 5. The average molecular weight is 323 g/mol. The van der Waals surface area contributed by atoms with Gasteiger partial charge >= 0.3 is 0 Å². The summed E-state index contributed by atoms with van der Waals surface area (Å²) in [5.41, 5.74) is 2.39. The van der Waals surface area contributed by atoms with Crippen LogP contribution < -0.4 is 9.84 Å². The lowest BCUT2D eigenvalue weighted by molar-refractivity contribution is -0.304. The number of aryl methyl sites for hydroxylation is 1. The molecule has 0 aliphatic rings. The number of pyridine rings is 1. The van der Waals surface area contributed by atoms with Crippen LogP contribution >= 0.6 is 0 Å². The third-order valence-electron chi connectivity index (χ3n) is 3.81. The lowest BCUT2D eigenvalue weighted by atomic mass is 10.0. The molecular weight excluding hydrogens is 308 g/mol. The van der Waals surface area contributed by atoms with Crippen molar-refractivity contribution in [1.82, 2.24) is 9.97 Å². The second-order valence-corrected chi connectivity index (χ2v) is 5.49. The number of carbonyl (C=O) groups is 2. The maximum atomic E-state index is 12.8. The zero-order chi connectivity index (χ0) is 17.3. The predicted octanol–water partition coefficient (Wildman–Crippen LogP) is 1.40. The molecule has 2 aromatic heterocycles. The van der Waals surface area contributed by atoms with Gasteiger partial charge in [0, 0.05) is 29.5 Å². The van der Waals surface area contributed by atoms with E-state index in [4.69, 9.17) is 4.74 Å². The van der Waals surface area contributed by atoms with Crippen LogP contribution in [0, 0.1) is 6.92 Å². The van der Waals surface area contributed by atoms with E-state index in [-0.39, 0.29) is 23.6 Å². The van der Waals surface area contributed by atoms with E-state index in [1.807, 2.05) is 6.92 Å². The molecule has 2 heterocycles. The normalized spacial score (nSPS) is 10.8. The van der Waals surface area contributed by atoms with Gasteiger partial charge in [-0.25, -0.2) is 0 Å². The molecule has 0 spiro atoms. The predicted molar refractivity (Wildman–Crippen MR) is 86.0 cm³/mol. The highest BCUT2D eigenvalue weighted by molar-refractivity contribution is 6.11. The summed E-state index contributed by atoms with van der Waals surface area (Å²) < 4.78 is 5.18. The molecular formula is C18H15N2O4-. The molecule has 24 heavy (non-hydrogen) atoms. The van der Waals surface area contributed by atoms with Crippen LogP contribution in [0.15, 0.2) is 36.5 Å². The van der Waals surface area contributed by atoms with Crippen LogP contribution in [0.1, 0.15) is 27.3 Å². The number of rotatable bonds is 5. The van der Waals surface area contributed by atoms with Crippen LogP contribution in [-0.2, 0) is 11.2 Å². The lowest BCUT2D eigenvalue weighted by Gasteiger charge is -2.06. The van der Waals surface area contributed by atoms with Gasteiger partial charge in [0.25, 0.3) is 0 Å². The van der Waals surface area contributed by atoms with Crippen LogP contribution in [0.4, 0.5) is 0 Å². The van der Waals surface area contributed by atoms with Gasteiger partial charge in [-0.3, -0.25) is 9.78 Å². The van der Waals surface area contributed by atoms with Crippen LogP contribution in [0.25, 0.3) is 10.9 Å². The molecule has 0 aliphatic carbocycles. The van der Waals surface area contributed by atoms with Crippen molar-refractivity contribution >= 4 is 22.7 Å². The van der Waals surface area contributed by atoms with Crippen molar-refractivity contribution in [2.75, 3.05) is 7.11 Å². The third-order valence-corrected chi connectivity index (χ3v) is 3.81. The summed E-state index contributed by atoms with van der Waals surface area (Å²) in [6, 6.07) is 8.63. The highest BCUT2D eigenvalue weighted by Crippen LogP contribution is 2.28. The first kappa shape index (κ1) is 15.7. The fraction of sp³-hybridized carbons (Fsp3) is 0.167. The minimum atomic E-state index is -1.26. The van der Waals surface area contributed by atoms with Crippen molar-refractivity contribution in [2.24, 2.45) is 0 Å². The number of aliphatic carboxylic acids is 1. The van der Waals surface area contributed by atoms with E-state index in [1.165, 1.54) is 7.11 Å². The number of carboxylic acids is 1. The first-order valence-corrected chi connectivity index (χ1v) is 7.35. The Labute approximate surface area is 138 Å². The molecule has 6 nitrogen and oxygen atoms in total. The standard InChI is InChI=1S/C18H16N2O4/c1-10-5-6-19-15(7-10)18(23)17-13(9-16(21)22)12-8-11(24-2)3-4-14(12)20-17/h3-8,20H,9H2,1-2H3,(H,21,22)/p-1. The molecule has 0 unspecified atom stereocenters. The van der Waals surface area contributed by atoms with Crippen LogP contribution in [0.5, 0.6) is 5.75 Å². The number of hydrogen-bond donors (Lipinski definition) is 1. The number of nitrogens with zero attached hydrogens (tertiary/aromatic N) is 1. The molecule has 1 aromatic carbocycles. The molecule has 122 valence electrons. The number of carbonyl (C=O) groups excluding carboxylic acids is 2. The van der Waals surface area contributed by atoms with E-state index in [0.29, 0.717) is 22.2 Å². The Morgan fingerprint density at radius 3 is 2.71 bits per heavy atom. The third kappa shape index (κ3) is 2.86. The second-order valence-electron chi connectivity index (χ2n) is 5.49. The Hall–Kier alpha value is -3.15. The highest BCUT2D eigenvalue weighted by Gasteiger charge is 2.20. The number of aromatic amines is 1. The summed E-state index contributed by atoms with van der Waals surface area (Å²) >= 11 is 0. The summed E-state index contributed by atoms with van der Waals surface area (Å²) in [7, 11) is 1.52. The Morgan fingerprint density at radius 1 is 1.25 bits per heavy atom. The Balaban J connectivity index is 2.19. The van der Waals surface area contributed by atoms with Crippen molar-refractivity contribution in [3.05, 3.63) is 59.0 Å². The first-order valence-electron chi connectivity index (χ1n) is 7.35. The van der Waals surface area contributed by atoms with Gasteiger partial charge < -0.3 is 19.6 Å². The number of methoxy groups -OCH3 is 1. The van der Waals surface area contributed by atoms with Gasteiger partial charge in [0.05, 0.1) is 12.8 Å². The number of ketones is 1. The molecule has 0 saturated carbocycles. The summed E-state index contributed by atoms with van der Waals surface area (Å²) in [6.07, 6.45) is 1.17. The van der Waals surface area contributed by atoms with Gasteiger partial charge in [0.2, 0.25) is 5.78 Å². The van der Waals surface area contributed by atoms with Gasteiger partial charge in [-0.05, 0) is 48.4 Å². The van der Waals surface area contributed by atoms with E-state index in [2.05, 4.69) is 9.97 Å². The van der Waals surface area contributed by atoms with Gasteiger partial charge in [-0.15, -0.1) is 0 Å². The number of nitrogens with one attached hydrogen (secondary N) is 1. The molecule has 1 N–H and O–H groups in total. The molecule has 0 saturated heterocycles. The Bertz CT molecular complexity index is 943. The maximum absolute atomic E-state index is 12.8. The van der Waals surface area contributed by atoms with Crippen LogP contribution in [0.2, 0.25) is 0 Å². The highest BCUT2D eigenvalue weighted by atomic mass is 16.5. The molecule has 3 aromatic rings. The van der Waals surface area contributed by atoms with Crippen molar-refractivity contribution in [1.29, 1.82) is 0 Å².